The van der Waals surface area contributed by atoms with Gasteiger partial charge in [-0.1, -0.05) is 6.07 Å². The largest absolute Gasteiger partial charge is 0.450 e. The van der Waals surface area contributed by atoms with Gasteiger partial charge in [0.2, 0.25) is 11.5 Å². The highest BCUT2D eigenvalue weighted by molar-refractivity contribution is 5.96. The molecule has 0 atom stereocenters. The quantitative estimate of drug-likeness (QED) is 0.542. The van der Waals surface area contributed by atoms with Gasteiger partial charge in [-0.2, -0.15) is 18.2 Å². The second-order valence-corrected chi connectivity index (χ2v) is 8.42. The minimum Gasteiger partial charge on any atom is -0.450 e. The monoisotopic (exact) mass is 511 g/mol. The molecule has 0 bridgehead atoms. The summed E-state index contributed by atoms with van der Waals surface area (Å²) in [6.07, 6.45) is -3.42. The van der Waals surface area contributed by atoms with Crippen LogP contribution in [0.2, 0.25) is 0 Å². The summed E-state index contributed by atoms with van der Waals surface area (Å²) in [7, 11) is 0. The number of pyridine rings is 1. The van der Waals surface area contributed by atoms with Crippen LogP contribution < -0.4 is 9.80 Å². The van der Waals surface area contributed by atoms with Gasteiger partial charge in [-0.3, -0.25) is 4.79 Å². The van der Waals surface area contributed by atoms with Gasteiger partial charge in [0.15, 0.2) is 5.69 Å². The average molecular weight is 512 g/mol. The standard InChI is InChI=1S/C23H28F3N5O5/c1-2-35-22(33)31-9-7-29(8-10-31)18-5-4-16(15-27-18)14-17(32)19-20(23(24,25)26)28-21(36-19)30-6-3-12-34-13-11-30/h4-5,15H,2-3,6-14H2,1H3. The third kappa shape index (κ3) is 6.07. The number of amides is 1. The maximum Gasteiger partial charge on any atom is 0.437 e. The number of carbonyl (C=O) groups is 2. The second-order valence-electron chi connectivity index (χ2n) is 8.42. The molecule has 0 unspecified atom stereocenters. The van der Waals surface area contributed by atoms with E-state index in [1.165, 1.54) is 6.20 Å². The van der Waals surface area contributed by atoms with Gasteiger partial charge in [-0.15, -0.1) is 0 Å². The molecule has 2 aromatic heterocycles. The van der Waals surface area contributed by atoms with Crippen LogP contribution in [0.15, 0.2) is 22.7 Å². The van der Waals surface area contributed by atoms with Gasteiger partial charge >= 0.3 is 12.3 Å². The average Bonchev–Trinajstić information content (AvgIpc) is 3.15. The molecule has 0 aliphatic carbocycles. The highest BCUT2D eigenvalue weighted by Crippen LogP contribution is 2.35. The number of oxazole rings is 1. The van der Waals surface area contributed by atoms with Crippen molar-refractivity contribution in [2.75, 3.05) is 68.9 Å². The number of alkyl halides is 3. The topological polar surface area (TPSA) is 101 Å². The molecular formula is C23H28F3N5O5. The van der Waals surface area contributed by atoms with E-state index in [1.54, 1.807) is 28.9 Å². The first kappa shape index (κ1) is 25.7. The molecule has 0 N–H and O–H groups in total. The van der Waals surface area contributed by atoms with Crippen molar-refractivity contribution in [1.29, 1.82) is 0 Å². The number of hydrogen-bond acceptors (Lipinski definition) is 9. The Labute approximate surface area is 206 Å². The maximum atomic E-state index is 13.6. The molecule has 2 fully saturated rings. The summed E-state index contributed by atoms with van der Waals surface area (Å²) in [6.45, 7) is 5.73. The highest BCUT2D eigenvalue weighted by Gasteiger charge is 2.41. The number of Topliss-reactive ketones (excluding diaryl/α,β-unsaturated/α-hetero) is 1. The third-order valence-corrected chi connectivity index (χ3v) is 5.93. The Morgan fingerprint density at radius 1 is 1.06 bits per heavy atom. The predicted octanol–water partition coefficient (Wildman–Crippen LogP) is 3.02. The summed E-state index contributed by atoms with van der Waals surface area (Å²) in [4.78, 5) is 37.8. The number of rotatable bonds is 6. The van der Waals surface area contributed by atoms with E-state index in [1.807, 2.05) is 4.90 Å². The number of piperazine rings is 1. The molecular weight excluding hydrogens is 483 g/mol. The van der Waals surface area contributed by atoms with E-state index < -0.39 is 23.4 Å². The van der Waals surface area contributed by atoms with E-state index in [0.29, 0.717) is 76.9 Å². The van der Waals surface area contributed by atoms with Gasteiger partial charge in [0.05, 0.1) is 13.2 Å². The van der Waals surface area contributed by atoms with E-state index in [2.05, 4.69) is 9.97 Å². The lowest BCUT2D eigenvalue weighted by Gasteiger charge is -2.34. The second kappa shape index (κ2) is 11.1. The Morgan fingerprint density at radius 2 is 1.83 bits per heavy atom. The highest BCUT2D eigenvalue weighted by atomic mass is 19.4. The Balaban J connectivity index is 1.42. The molecule has 0 radical (unpaired) electrons. The van der Waals surface area contributed by atoms with Crippen LogP contribution in [0.1, 0.15) is 35.2 Å². The van der Waals surface area contributed by atoms with Gasteiger partial charge < -0.3 is 28.6 Å². The molecule has 0 saturated carbocycles. The van der Waals surface area contributed by atoms with E-state index in [0.717, 1.165) is 0 Å². The maximum absolute atomic E-state index is 13.6. The number of halogens is 3. The molecule has 13 heteroatoms. The zero-order chi connectivity index (χ0) is 25.7. The van der Waals surface area contributed by atoms with Crippen molar-refractivity contribution in [1.82, 2.24) is 14.9 Å². The molecule has 0 spiro atoms. The smallest absolute Gasteiger partial charge is 0.437 e. The minimum absolute atomic E-state index is 0.230. The number of ether oxygens (including phenoxy) is 2. The van der Waals surface area contributed by atoms with Crippen molar-refractivity contribution < 1.29 is 36.7 Å². The van der Waals surface area contributed by atoms with Crippen LogP contribution in [-0.2, 0) is 22.1 Å². The summed E-state index contributed by atoms with van der Waals surface area (Å²) >= 11 is 0. The van der Waals surface area contributed by atoms with Crippen LogP contribution in [0.4, 0.5) is 29.8 Å². The lowest BCUT2D eigenvalue weighted by Crippen LogP contribution is -2.49. The van der Waals surface area contributed by atoms with E-state index in [-0.39, 0.29) is 18.5 Å². The Morgan fingerprint density at radius 3 is 2.50 bits per heavy atom. The molecule has 0 aromatic carbocycles. The van der Waals surface area contributed by atoms with Crippen molar-refractivity contribution >= 4 is 23.7 Å². The molecule has 2 aromatic rings. The van der Waals surface area contributed by atoms with Crippen LogP contribution in [0.5, 0.6) is 0 Å². The Hall–Kier alpha value is -3.35. The fourth-order valence-electron chi connectivity index (χ4n) is 4.07. The third-order valence-electron chi connectivity index (χ3n) is 5.93. The number of carbonyl (C=O) groups excluding carboxylic acids is 2. The molecule has 10 nitrogen and oxygen atoms in total. The summed E-state index contributed by atoms with van der Waals surface area (Å²) in [5.74, 6) is -0.984. The number of ketones is 1. The van der Waals surface area contributed by atoms with E-state index >= 15 is 0 Å². The van der Waals surface area contributed by atoms with Crippen molar-refractivity contribution in [3.05, 3.63) is 35.3 Å². The van der Waals surface area contributed by atoms with Gasteiger partial charge in [-0.05, 0) is 25.0 Å². The molecule has 2 saturated heterocycles. The number of hydrogen-bond donors (Lipinski definition) is 0. The lowest BCUT2D eigenvalue weighted by atomic mass is 10.1. The summed E-state index contributed by atoms with van der Waals surface area (Å²) in [6, 6.07) is 3.12. The zero-order valence-corrected chi connectivity index (χ0v) is 19.9. The first-order valence-corrected chi connectivity index (χ1v) is 11.8. The SMILES string of the molecule is CCOC(=O)N1CCN(c2ccc(CC(=O)c3oc(N4CCCOCC4)nc3C(F)(F)F)cn2)CC1. The fourth-order valence-corrected chi connectivity index (χ4v) is 4.07. The molecule has 4 heterocycles. The van der Waals surface area contributed by atoms with Crippen LogP contribution in [0.3, 0.4) is 0 Å². The van der Waals surface area contributed by atoms with Crippen LogP contribution >= 0.6 is 0 Å². The summed E-state index contributed by atoms with van der Waals surface area (Å²) in [5, 5.41) is 0. The zero-order valence-electron chi connectivity index (χ0n) is 19.9. The first-order valence-electron chi connectivity index (χ1n) is 11.8. The predicted molar refractivity (Wildman–Crippen MR) is 122 cm³/mol. The molecule has 4 rings (SSSR count). The van der Waals surface area contributed by atoms with Gasteiger partial charge in [0.1, 0.15) is 5.82 Å². The van der Waals surface area contributed by atoms with Gasteiger partial charge in [0, 0.05) is 58.5 Å². The summed E-state index contributed by atoms with van der Waals surface area (Å²) in [5.41, 5.74) is -0.875. The number of aromatic nitrogens is 2. The fraction of sp³-hybridized carbons (Fsp3) is 0.565. The molecule has 36 heavy (non-hydrogen) atoms. The molecule has 196 valence electrons. The Bertz CT molecular complexity index is 1040. The lowest BCUT2D eigenvalue weighted by molar-refractivity contribution is -0.141. The van der Waals surface area contributed by atoms with Crippen LogP contribution in [0.25, 0.3) is 0 Å². The molecule has 2 aliphatic heterocycles. The van der Waals surface area contributed by atoms with Crippen molar-refractivity contribution in [2.45, 2.75) is 25.9 Å². The van der Waals surface area contributed by atoms with Crippen molar-refractivity contribution in [2.24, 2.45) is 0 Å². The van der Waals surface area contributed by atoms with Crippen molar-refractivity contribution in [3.63, 3.8) is 0 Å². The summed E-state index contributed by atoms with van der Waals surface area (Å²) < 4.78 is 56.5. The number of anilines is 2. The minimum atomic E-state index is -4.83. The van der Waals surface area contributed by atoms with Crippen LogP contribution in [-0.4, -0.2) is 85.8 Å². The molecule has 2 aliphatic rings. The van der Waals surface area contributed by atoms with Gasteiger partial charge in [0.25, 0.3) is 6.01 Å². The van der Waals surface area contributed by atoms with Gasteiger partial charge in [-0.25, -0.2) is 9.78 Å². The Kier molecular flexibility index (Phi) is 7.97. The molecule has 1 amide bonds. The van der Waals surface area contributed by atoms with E-state index in [9.17, 15) is 22.8 Å². The van der Waals surface area contributed by atoms with Crippen LogP contribution in [0, 0.1) is 0 Å². The number of nitrogens with zero attached hydrogens (tertiary/aromatic N) is 5. The first-order chi connectivity index (χ1) is 17.3. The van der Waals surface area contributed by atoms with Crippen molar-refractivity contribution in [3.8, 4) is 0 Å². The van der Waals surface area contributed by atoms with E-state index in [4.69, 9.17) is 13.9 Å². The normalized spacial score (nSPS) is 17.2.